The van der Waals surface area contributed by atoms with E-state index in [-0.39, 0.29) is 24.4 Å². The van der Waals surface area contributed by atoms with Crippen LogP contribution in [0.25, 0.3) is 10.4 Å². The third kappa shape index (κ3) is 6.70. The van der Waals surface area contributed by atoms with Gasteiger partial charge in [-0.25, -0.2) is 0 Å². The average Bonchev–Trinajstić information content (AvgIpc) is 3.15. The van der Waals surface area contributed by atoms with E-state index in [0.717, 1.165) is 5.56 Å². The second kappa shape index (κ2) is 11.8. The van der Waals surface area contributed by atoms with Crippen molar-refractivity contribution in [2.45, 2.75) is 82.9 Å². The number of azide groups is 1. The molecule has 0 radical (unpaired) electrons. The maximum Gasteiger partial charge on any atom is 0.189 e. The topological polar surface area (TPSA) is 126 Å². The molecule has 0 aromatic heterocycles. The van der Waals surface area contributed by atoms with Crippen LogP contribution in [-0.4, -0.2) is 60.4 Å². The van der Waals surface area contributed by atoms with Gasteiger partial charge in [-0.1, -0.05) is 56.2 Å². The number of nitrogens with zero attached hydrogens (tertiary/aromatic N) is 3. The molecule has 0 spiro atoms. The second-order valence-electron chi connectivity index (χ2n) is 10.2. The van der Waals surface area contributed by atoms with Gasteiger partial charge in [0, 0.05) is 37.3 Å². The van der Waals surface area contributed by atoms with Gasteiger partial charge in [0.1, 0.15) is 12.7 Å². The van der Waals surface area contributed by atoms with Crippen LogP contribution < -0.4 is 0 Å². The van der Waals surface area contributed by atoms with Gasteiger partial charge < -0.3 is 29.2 Å². The van der Waals surface area contributed by atoms with Crippen molar-refractivity contribution in [1.82, 2.24) is 0 Å². The Bertz CT molecular complexity index is 822. The van der Waals surface area contributed by atoms with E-state index < -0.39 is 29.9 Å². The average molecular weight is 478 g/mol. The summed E-state index contributed by atoms with van der Waals surface area (Å²) in [6, 6.07) is 9.78. The molecule has 1 aromatic carbocycles. The molecule has 0 saturated carbocycles. The quantitative estimate of drug-likeness (QED) is 0.280. The van der Waals surface area contributed by atoms with E-state index in [0.29, 0.717) is 38.8 Å². The van der Waals surface area contributed by atoms with Crippen LogP contribution in [0.2, 0.25) is 0 Å². The Hall–Kier alpha value is -1.71. The molecule has 2 saturated heterocycles. The summed E-state index contributed by atoms with van der Waals surface area (Å²) in [6.07, 6.45) is 0.215. The smallest absolute Gasteiger partial charge is 0.189 e. The third-order valence-corrected chi connectivity index (χ3v) is 7.00. The SMILES string of the molecule is COC1([C@@H](C)C[C@@H](C)CN=[N+]=[N-])C[C@@H](O)[C@@H]([C@H]2C[C@H](C)CC(O)(COCc3ccccc3)O2)O1. The lowest BCUT2D eigenvalue weighted by Gasteiger charge is -2.43. The molecule has 8 atom stereocenters. The fraction of sp³-hybridized carbons (Fsp3) is 0.760. The first-order chi connectivity index (χ1) is 16.2. The number of methoxy groups -OCH3 is 1. The number of aliphatic hydroxyl groups excluding tert-OH is 1. The highest BCUT2D eigenvalue weighted by molar-refractivity contribution is 5.13. The monoisotopic (exact) mass is 477 g/mol. The van der Waals surface area contributed by atoms with Gasteiger partial charge in [0.15, 0.2) is 11.6 Å². The summed E-state index contributed by atoms with van der Waals surface area (Å²) in [4.78, 5) is 2.83. The van der Waals surface area contributed by atoms with Crippen molar-refractivity contribution in [3.05, 3.63) is 46.3 Å². The summed E-state index contributed by atoms with van der Waals surface area (Å²) >= 11 is 0. The van der Waals surface area contributed by atoms with Gasteiger partial charge >= 0.3 is 0 Å². The summed E-state index contributed by atoms with van der Waals surface area (Å²) in [5.41, 5.74) is 9.60. The van der Waals surface area contributed by atoms with Crippen molar-refractivity contribution < 1.29 is 29.2 Å². The van der Waals surface area contributed by atoms with E-state index in [1.165, 1.54) is 0 Å². The van der Waals surface area contributed by atoms with E-state index in [2.05, 4.69) is 16.9 Å². The largest absolute Gasteiger partial charge is 0.390 e. The van der Waals surface area contributed by atoms with E-state index >= 15 is 0 Å². The molecule has 0 aliphatic carbocycles. The molecule has 190 valence electrons. The number of ether oxygens (including phenoxy) is 4. The van der Waals surface area contributed by atoms with Gasteiger partial charge in [0.25, 0.3) is 0 Å². The molecule has 2 aliphatic rings. The van der Waals surface area contributed by atoms with E-state index in [1.807, 2.05) is 44.2 Å². The molecule has 2 N–H and O–H groups in total. The lowest BCUT2D eigenvalue weighted by Crippen LogP contribution is -2.52. The fourth-order valence-electron chi connectivity index (χ4n) is 5.37. The molecule has 1 aromatic rings. The normalized spacial score (nSPS) is 35.5. The Balaban J connectivity index is 1.63. The van der Waals surface area contributed by atoms with Crippen LogP contribution in [0, 0.1) is 17.8 Å². The lowest BCUT2D eigenvalue weighted by atomic mass is 9.86. The van der Waals surface area contributed by atoms with Crippen LogP contribution in [0.1, 0.15) is 52.0 Å². The van der Waals surface area contributed by atoms with Crippen molar-refractivity contribution in [2.75, 3.05) is 20.3 Å². The van der Waals surface area contributed by atoms with Crippen molar-refractivity contribution in [2.24, 2.45) is 22.9 Å². The Labute approximate surface area is 202 Å². The van der Waals surface area contributed by atoms with E-state index in [9.17, 15) is 10.2 Å². The molecule has 34 heavy (non-hydrogen) atoms. The van der Waals surface area contributed by atoms with Gasteiger partial charge in [0.2, 0.25) is 0 Å². The van der Waals surface area contributed by atoms with Gasteiger partial charge in [-0.3, -0.25) is 0 Å². The lowest BCUT2D eigenvalue weighted by molar-refractivity contribution is -0.319. The summed E-state index contributed by atoms with van der Waals surface area (Å²) in [7, 11) is 1.59. The Morgan fingerprint density at radius 3 is 2.65 bits per heavy atom. The first kappa shape index (κ1) is 26.9. The molecule has 9 heteroatoms. The van der Waals surface area contributed by atoms with Crippen LogP contribution in [0.15, 0.2) is 35.4 Å². The van der Waals surface area contributed by atoms with Crippen LogP contribution in [-0.2, 0) is 25.6 Å². The number of benzene rings is 1. The maximum absolute atomic E-state index is 11.2. The first-order valence-corrected chi connectivity index (χ1v) is 12.1. The molecular formula is C25H39N3O6. The first-order valence-electron chi connectivity index (χ1n) is 12.1. The Kier molecular flexibility index (Phi) is 9.34. The number of hydrogen-bond donors (Lipinski definition) is 2. The Morgan fingerprint density at radius 2 is 1.97 bits per heavy atom. The fourth-order valence-corrected chi connectivity index (χ4v) is 5.37. The third-order valence-electron chi connectivity index (χ3n) is 7.00. The zero-order valence-corrected chi connectivity index (χ0v) is 20.7. The zero-order chi connectivity index (χ0) is 24.8. The van der Waals surface area contributed by atoms with Crippen LogP contribution in [0.3, 0.4) is 0 Å². The van der Waals surface area contributed by atoms with Crippen molar-refractivity contribution >= 4 is 0 Å². The predicted molar refractivity (Wildman–Crippen MR) is 127 cm³/mol. The van der Waals surface area contributed by atoms with Gasteiger partial charge in [-0.05, 0) is 35.8 Å². The number of rotatable bonds is 11. The molecule has 2 heterocycles. The van der Waals surface area contributed by atoms with Crippen LogP contribution >= 0.6 is 0 Å². The van der Waals surface area contributed by atoms with Crippen molar-refractivity contribution in [1.29, 1.82) is 0 Å². The number of aliphatic hydroxyl groups is 2. The molecule has 9 nitrogen and oxygen atoms in total. The van der Waals surface area contributed by atoms with Crippen LogP contribution in [0.5, 0.6) is 0 Å². The minimum Gasteiger partial charge on any atom is -0.390 e. The minimum absolute atomic E-state index is 0.0360. The molecule has 2 aliphatic heterocycles. The molecule has 3 rings (SSSR count). The summed E-state index contributed by atoms with van der Waals surface area (Å²) in [5, 5.41) is 25.8. The molecule has 2 unspecified atom stereocenters. The van der Waals surface area contributed by atoms with Crippen molar-refractivity contribution in [3.8, 4) is 0 Å². The molecule has 0 amide bonds. The van der Waals surface area contributed by atoms with Gasteiger partial charge in [-0.2, -0.15) is 0 Å². The second-order valence-corrected chi connectivity index (χ2v) is 10.2. The summed E-state index contributed by atoms with van der Waals surface area (Å²) in [5.74, 6) is -2.15. The molecular weight excluding hydrogens is 438 g/mol. The van der Waals surface area contributed by atoms with E-state index in [1.54, 1.807) is 7.11 Å². The molecule has 0 bridgehead atoms. The van der Waals surface area contributed by atoms with Crippen LogP contribution in [0.4, 0.5) is 0 Å². The predicted octanol–water partition coefficient (Wildman–Crippen LogP) is 4.17. The number of hydrogen-bond acceptors (Lipinski definition) is 7. The van der Waals surface area contributed by atoms with Crippen molar-refractivity contribution in [3.63, 3.8) is 0 Å². The zero-order valence-electron chi connectivity index (χ0n) is 20.7. The molecule has 2 fully saturated rings. The standard InChI is InChI=1S/C25H39N3O6/c1-17-11-22(33-24(30,12-17)16-32-15-20-8-6-5-7-9-20)23-21(29)13-25(31-4,34-23)19(3)10-18(2)14-27-28-26/h5-9,17-19,21-23,29-30H,10-16H2,1-4H3/t17-,18+,19-,21+,22+,23-,24?,25?/m0/s1. The summed E-state index contributed by atoms with van der Waals surface area (Å²) in [6.45, 7) is 6.90. The van der Waals surface area contributed by atoms with E-state index in [4.69, 9.17) is 24.5 Å². The highest BCUT2D eigenvalue weighted by Gasteiger charge is 2.54. The van der Waals surface area contributed by atoms with Gasteiger partial charge in [-0.15, -0.1) is 0 Å². The maximum atomic E-state index is 11.2. The summed E-state index contributed by atoms with van der Waals surface area (Å²) < 4.78 is 24.1. The van der Waals surface area contributed by atoms with Gasteiger partial charge in [0.05, 0.1) is 18.8 Å². The Morgan fingerprint density at radius 1 is 1.24 bits per heavy atom. The minimum atomic E-state index is -1.45. The highest BCUT2D eigenvalue weighted by Crippen LogP contribution is 2.44. The highest BCUT2D eigenvalue weighted by atomic mass is 16.7.